The van der Waals surface area contributed by atoms with Gasteiger partial charge in [-0.1, -0.05) is 44.2 Å². The van der Waals surface area contributed by atoms with Gasteiger partial charge in [0, 0.05) is 19.0 Å². The molecule has 1 aromatic carbocycles. The monoisotopic (exact) mass is 357 g/mol. The van der Waals surface area contributed by atoms with Gasteiger partial charge in [-0.3, -0.25) is 4.79 Å². The number of carbonyl (C=O) groups excluding carboxylic acids is 1. The lowest BCUT2D eigenvalue weighted by atomic mass is 9.89. The first kappa shape index (κ1) is 18.1. The van der Waals surface area contributed by atoms with Crippen molar-refractivity contribution in [2.75, 3.05) is 19.6 Å². The average Bonchev–Trinajstić information content (AvgIpc) is 3.18. The number of nitrogens with zero attached hydrogens (tertiary/aromatic N) is 2. The van der Waals surface area contributed by atoms with Gasteiger partial charge in [-0.2, -0.15) is 0 Å². The minimum absolute atomic E-state index is 0.123. The molecular formula is C20H27N3OS. The number of hydrogen-bond acceptors (Lipinski definition) is 4. The third kappa shape index (κ3) is 3.93. The Morgan fingerprint density at radius 3 is 2.68 bits per heavy atom. The number of nitrogens with two attached hydrogens (primary N) is 1. The molecule has 2 heterocycles. The van der Waals surface area contributed by atoms with E-state index in [0.717, 1.165) is 35.1 Å². The lowest BCUT2D eigenvalue weighted by Gasteiger charge is -2.17. The quantitative estimate of drug-likeness (QED) is 0.891. The Kier molecular flexibility index (Phi) is 5.54. The van der Waals surface area contributed by atoms with Crippen LogP contribution in [0.4, 0.5) is 0 Å². The molecule has 0 saturated carbocycles. The molecule has 0 bridgehead atoms. The summed E-state index contributed by atoms with van der Waals surface area (Å²) in [5, 5.41) is 0.966. The van der Waals surface area contributed by atoms with Gasteiger partial charge in [0.2, 0.25) is 0 Å². The van der Waals surface area contributed by atoms with Crippen LogP contribution in [-0.2, 0) is 6.42 Å². The third-order valence-electron chi connectivity index (χ3n) is 4.86. The highest BCUT2D eigenvalue weighted by molar-refractivity contribution is 7.13. The highest BCUT2D eigenvalue weighted by Gasteiger charge is 2.36. The molecule has 2 N–H and O–H groups in total. The van der Waals surface area contributed by atoms with Crippen LogP contribution in [0.15, 0.2) is 30.3 Å². The Bertz CT molecular complexity index is 726. The number of aromatic nitrogens is 1. The lowest BCUT2D eigenvalue weighted by molar-refractivity contribution is 0.0789. The Morgan fingerprint density at radius 1 is 1.32 bits per heavy atom. The van der Waals surface area contributed by atoms with E-state index >= 15 is 0 Å². The molecule has 1 aromatic heterocycles. The van der Waals surface area contributed by atoms with Crippen LogP contribution in [0.2, 0.25) is 0 Å². The van der Waals surface area contributed by atoms with E-state index in [1.165, 1.54) is 16.9 Å². The molecule has 0 unspecified atom stereocenters. The Morgan fingerprint density at radius 2 is 2.04 bits per heavy atom. The number of carbonyl (C=O) groups is 1. The minimum Gasteiger partial charge on any atom is -0.337 e. The van der Waals surface area contributed by atoms with E-state index in [2.05, 4.69) is 43.1 Å². The summed E-state index contributed by atoms with van der Waals surface area (Å²) in [5.74, 6) is 1.24. The topological polar surface area (TPSA) is 59.2 Å². The van der Waals surface area contributed by atoms with Crippen molar-refractivity contribution in [3.63, 3.8) is 0 Å². The van der Waals surface area contributed by atoms with Gasteiger partial charge < -0.3 is 10.6 Å². The second kappa shape index (κ2) is 7.67. The fourth-order valence-electron chi connectivity index (χ4n) is 3.66. The van der Waals surface area contributed by atoms with Gasteiger partial charge in [0.25, 0.3) is 5.91 Å². The van der Waals surface area contributed by atoms with Crippen molar-refractivity contribution < 1.29 is 4.79 Å². The molecule has 1 aliphatic heterocycles. The molecule has 3 rings (SSSR count). The van der Waals surface area contributed by atoms with Gasteiger partial charge in [-0.05, 0) is 37.3 Å². The maximum atomic E-state index is 13.2. The summed E-state index contributed by atoms with van der Waals surface area (Å²) in [5.41, 5.74) is 8.24. The summed E-state index contributed by atoms with van der Waals surface area (Å²) >= 11 is 1.52. The van der Waals surface area contributed by atoms with Crippen molar-refractivity contribution in [3.05, 3.63) is 51.5 Å². The molecule has 0 radical (unpaired) electrons. The van der Waals surface area contributed by atoms with Gasteiger partial charge in [0.1, 0.15) is 4.88 Å². The summed E-state index contributed by atoms with van der Waals surface area (Å²) in [6, 6.07) is 10.4. The van der Waals surface area contributed by atoms with Crippen LogP contribution < -0.4 is 5.73 Å². The molecule has 5 heteroatoms. The molecule has 2 atom stereocenters. The summed E-state index contributed by atoms with van der Waals surface area (Å²) < 4.78 is 0. The zero-order valence-corrected chi connectivity index (χ0v) is 16.1. The van der Waals surface area contributed by atoms with Crippen LogP contribution in [0.25, 0.3) is 0 Å². The smallest absolute Gasteiger partial charge is 0.265 e. The maximum Gasteiger partial charge on any atom is 0.265 e. The van der Waals surface area contributed by atoms with Gasteiger partial charge in [-0.15, -0.1) is 11.3 Å². The predicted molar refractivity (Wildman–Crippen MR) is 103 cm³/mol. The molecule has 0 spiro atoms. The number of likely N-dealkylation sites (tertiary alicyclic amines) is 1. The highest BCUT2D eigenvalue weighted by Crippen LogP contribution is 2.34. The first-order valence-corrected chi connectivity index (χ1v) is 9.81. The molecule has 1 fully saturated rings. The summed E-state index contributed by atoms with van der Waals surface area (Å²) in [6.07, 6.45) is 0.849. The molecule has 0 aliphatic carbocycles. The van der Waals surface area contributed by atoms with Crippen molar-refractivity contribution in [1.29, 1.82) is 0 Å². The van der Waals surface area contributed by atoms with E-state index in [4.69, 9.17) is 5.73 Å². The lowest BCUT2D eigenvalue weighted by Crippen LogP contribution is -2.30. The largest absolute Gasteiger partial charge is 0.337 e. The Balaban J connectivity index is 1.82. The summed E-state index contributed by atoms with van der Waals surface area (Å²) in [7, 11) is 0. The average molecular weight is 358 g/mol. The fourth-order valence-corrected chi connectivity index (χ4v) is 4.57. The fraction of sp³-hybridized carbons (Fsp3) is 0.500. The van der Waals surface area contributed by atoms with Crippen molar-refractivity contribution in [2.24, 2.45) is 17.6 Å². The van der Waals surface area contributed by atoms with Crippen LogP contribution in [0.3, 0.4) is 0 Å². The molecule has 1 aliphatic rings. The zero-order valence-electron chi connectivity index (χ0n) is 15.2. The first-order chi connectivity index (χ1) is 12.0. The van der Waals surface area contributed by atoms with Crippen LogP contribution >= 0.6 is 11.3 Å². The Hall–Kier alpha value is -1.72. The van der Waals surface area contributed by atoms with Crippen molar-refractivity contribution in [1.82, 2.24) is 9.88 Å². The zero-order chi connectivity index (χ0) is 18.0. The van der Waals surface area contributed by atoms with Gasteiger partial charge in [-0.25, -0.2) is 4.98 Å². The molecule has 2 aromatic rings. The Labute approximate surface area is 154 Å². The van der Waals surface area contributed by atoms with Gasteiger partial charge >= 0.3 is 0 Å². The van der Waals surface area contributed by atoms with Crippen LogP contribution in [0, 0.1) is 18.8 Å². The molecule has 134 valence electrons. The highest BCUT2D eigenvalue weighted by atomic mass is 32.1. The van der Waals surface area contributed by atoms with E-state index in [1.54, 1.807) is 0 Å². The van der Waals surface area contributed by atoms with Crippen molar-refractivity contribution in [2.45, 2.75) is 33.1 Å². The number of benzene rings is 1. The number of rotatable bonds is 5. The molecule has 1 saturated heterocycles. The SMILES string of the molecule is Cc1nc(CC(C)C)c(C(=O)N2C[C@@H](CN)[C@H](c3ccccc3)C2)s1. The molecule has 1 amide bonds. The second-order valence-corrected chi connectivity index (χ2v) is 8.53. The second-order valence-electron chi connectivity index (χ2n) is 7.33. The minimum atomic E-state index is 0.123. The number of aryl methyl sites for hydroxylation is 1. The van der Waals surface area contributed by atoms with Gasteiger partial charge in [0.05, 0.1) is 10.7 Å². The van der Waals surface area contributed by atoms with Crippen LogP contribution in [0.1, 0.15) is 45.7 Å². The number of thiazole rings is 1. The van der Waals surface area contributed by atoms with Crippen molar-refractivity contribution >= 4 is 17.2 Å². The molecule has 4 nitrogen and oxygen atoms in total. The maximum absolute atomic E-state index is 13.2. The van der Waals surface area contributed by atoms with Crippen LogP contribution in [0.5, 0.6) is 0 Å². The molecule has 25 heavy (non-hydrogen) atoms. The predicted octanol–water partition coefficient (Wildman–Crippen LogP) is 3.46. The summed E-state index contributed by atoms with van der Waals surface area (Å²) in [4.78, 5) is 20.6. The van der Waals surface area contributed by atoms with E-state index in [1.807, 2.05) is 17.9 Å². The number of hydrogen-bond donors (Lipinski definition) is 1. The normalized spacial score (nSPS) is 20.4. The molecular weight excluding hydrogens is 330 g/mol. The third-order valence-corrected chi connectivity index (χ3v) is 5.86. The summed E-state index contributed by atoms with van der Waals surface area (Å²) in [6.45, 7) is 8.37. The first-order valence-electron chi connectivity index (χ1n) is 9.00. The van der Waals surface area contributed by atoms with E-state index in [0.29, 0.717) is 24.3 Å². The van der Waals surface area contributed by atoms with E-state index in [9.17, 15) is 4.79 Å². The van der Waals surface area contributed by atoms with E-state index < -0.39 is 0 Å². The van der Waals surface area contributed by atoms with Crippen LogP contribution in [-0.4, -0.2) is 35.4 Å². The number of amides is 1. The standard InChI is InChI=1S/C20H27N3OS/c1-13(2)9-18-19(25-14(3)22-18)20(24)23-11-16(10-21)17(12-23)15-7-5-4-6-8-15/h4-8,13,16-17H,9-12,21H2,1-3H3/t16-,17+/m1/s1. The van der Waals surface area contributed by atoms with Crippen molar-refractivity contribution in [3.8, 4) is 0 Å². The van der Waals surface area contributed by atoms with E-state index in [-0.39, 0.29) is 5.91 Å². The van der Waals surface area contributed by atoms with Gasteiger partial charge in [0.15, 0.2) is 0 Å².